The summed E-state index contributed by atoms with van der Waals surface area (Å²) in [6.07, 6.45) is 48.9. The zero-order chi connectivity index (χ0) is 43.2. The van der Waals surface area contributed by atoms with Gasteiger partial charge in [0.25, 0.3) is 0 Å². The maximum Gasteiger partial charge on any atom is 0.472 e. The van der Waals surface area contributed by atoms with Crippen LogP contribution in [0.1, 0.15) is 251 Å². The van der Waals surface area contributed by atoms with Crippen LogP contribution >= 0.6 is 7.82 Å². The summed E-state index contributed by atoms with van der Waals surface area (Å²) in [5.41, 5.74) is 0. The quantitative estimate of drug-likeness (QED) is 0.0237. The first-order valence-electron chi connectivity index (χ1n) is 25.2. The summed E-state index contributed by atoms with van der Waals surface area (Å²) in [5.74, 6) is -0.378. The molecule has 3 N–H and O–H groups in total. The van der Waals surface area contributed by atoms with Crippen LogP contribution in [0.2, 0.25) is 0 Å². The van der Waals surface area contributed by atoms with Crippen molar-refractivity contribution in [2.45, 2.75) is 264 Å². The zero-order valence-corrected chi connectivity index (χ0v) is 39.6. The minimum atomic E-state index is -4.52. The summed E-state index contributed by atoms with van der Waals surface area (Å²) in [7, 11) is -4.52. The Morgan fingerprint density at radius 1 is 0.508 bits per heavy atom. The number of unbranched alkanes of at least 4 members (excludes halogenated alkanes) is 33. The number of hydrogen-bond donors (Lipinski definition) is 3. The van der Waals surface area contributed by atoms with Gasteiger partial charge in [-0.15, -0.1) is 0 Å². The maximum absolute atomic E-state index is 12.7. The van der Waals surface area contributed by atoms with Crippen LogP contribution in [0, 0.1) is 0 Å². The van der Waals surface area contributed by atoms with Gasteiger partial charge in [-0.05, 0) is 38.5 Å². The summed E-state index contributed by atoms with van der Waals surface area (Å²) in [6.45, 7) is 3.56. The largest absolute Gasteiger partial charge is 0.472 e. The lowest BCUT2D eigenvalue weighted by molar-refractivity contribution is -0.154. The van der Waals surface area contributed by atoms with Crippen molar-refractivity contribution in [2.75, 3.05) is 33.0 Å². The molecule has 59 heavy (non-hydrogen) atoms. The van der Waals surface area contributed by atoms with Gasteiger partial charge < -0.3 is 24.6 Å². The van der Waals surface area contributed by atoms with Crippen molar-refractivity contribution in [3.8, 4) is 0 Å². The minimum Gasteiger partial charge on any atom is -0.457 e. The topological polar surface area (TPSA) is 132 Å². The average Bonchev–Trinajstić information content (AvgIpc) is 3.23. The highest BCUT2D eigenvalue weighted by Gasteiger charge is 2.26. The van der Waals surface area contributed by atoms with E-state index < -0.39 is 33.2 Å². The predicted octanol–water partition coefficient (Wildman–Crippen LogP) is 14.4. The molecule has 0 aromatic heterocycles. The average molecular weight is 861 g/mol. The van der Waals surface area contributed by atoms with Crippen LogP contribution in [0.4, 0.5) is 0 Å². The van der Waals surface area contributed by atoms with Crippen molar-refractivity contribution < 1.29 is 43.0 Å². The van der Waals surface area contributed by atoms with E-state index in [2.05, 4.69) is 26.0 Å². The third-order valence-electron chi connectivity index (χ3n) is 11.2. The Kier molecular flexibility index (Phi) is 46.1. The first-order chi connectivity index (χ1) is 28.8. The molecule has 0 radical (unpaired) electrons. The smallest absolute Gasteiger partial charge is 0.457 e. The van der Waals surface area contributed by atoms with Gasteiger partial charge in [0.2, 0.25) is 0 Å². The van der Waals surface area contributed by atoms with Crippen molar-refractivity contribution >= 4 is 13.8 Å². The Balaban J connectivity index is 4.01. The Labute approximate surface area is 364 Å². The number of hydrogen-bond acceptors (Lipinski definition) is 8. The lowest BCUT2D eigenvalue weighted by Gasteiger charge is -2.20. The highest BCUT2D eigenvalue weighted by Crippen LogP contribution is 2.43. The minimum absolute atomic E-state index is 0.0509. The summed E-state index contributed by atoms with van der Waals surface area (Å²) < 4.78 is 33.5. The van der Waals surface area contributed by atoms with E-state index >= 15 is 0 Å². The fourth-order valence-electron chi connectivity index (χ4n) is 7.35. The van der Waals surface area contributed by atoms with Gasteiger partial charge in [-0.1, -0.05) is 219 Å². The van der Waals surface area contributed by atoms with Crippen molar-refractivity contribution in [1.29, 1.82) is 0 Å². The molecule has 0 aliphatic heterocycles. The van der Waals surface area contributed by atoms with Crippen LogP contribution in [-0.4, -0.2) is 66.3 Å². The second kappa shape index (κ2) is 46.7. The predicted molar refractivity (Wildman–Crippen MR) is 247 cm³/mol. The molecule has 0 fully saturated rings. The summed E-state index contributed by atoms with van der Waals surface area (Å²) in [5, 5.41) is 18.4. The molecule has 10 heteroatoms. The highest BCUT2D eigenvalue weighted by atomic mass is 31.2. The molecular formula is C49H97O9P. The molecule has 0 aromatic carbocycles. The molecule has 352 valence electrons. The Morgan fingerprint density at radius 3 is 1.27 bits per heavy atom. The lowest BCUT2D eigenvalue weighted by Crippen LogP contribution is -2.29. The zero-order valence-electron chi connectivity index (χ0n) is 38.7. The van der Waals surface area contributed by atoms with Gasteiger partial charge in [0.05, 0.1) is 26.4 Å². The molecule has 0 heterocycles. The van der Waals surface area contributed by atoms with Gasteiger partial charge in [0.1, 0.15) is 12.2 Å². The van der Waals surface area contributed by atoms with Gasteiger partial charge in [-0.25, -0.2) is 4.57 Å². The number of phosphoric ester groups is 1. The first-order valence-corrected chi connectivity index (χ1v) is 26.7. The van der Waals surface area contributed by atoms with Crippen LogP contribution in [0.5, 0.6) is 0 Å². The molecule has 0 bridgehead atoms. The molecule has 0 aliphatic rings. The number of aliphatic hydroxyl groups excluding tert-OH is 2. The number of carbonyl (C=O) groups is 1. The normalized spacial score (nSPS) is 13.9. The lowest BCUT2D eigenvalue weighted by atomic mass is 10.0. The van der Waals surface area contributed by atoms with Gasteiger partial charge in [-0.3, -0.25) is 13.8 Å². The Hall–Kier alpha value is -0.800. The Morgan fingerprint density at radius 2 is 0.864 bits per heavy atom. The van der Waals surface area contributed by atoms with E-state index in [1.807, 2.05) is 0 Å². The summed E-state index contributed by atoms with van der Waals surface area (Å²) in [4.78, 5) is 22.7. The number of ether oxygens (including phenoxy) is 2. The third kappa shape index (κ3) is 46.5. The maximum atomic E-state index is 12.7. The molecule has 0 rings (SSSR count). The number of rotatable bonds is 49. The fraction of sp³-hybridized carbons (Fsp3) is 0.939. The van der Waals surface area contributed by atoms with Crippen molar-refractivity contribution in [3.05, 3.63) is 12.2 Å². The van der Waals surface area contributed by atoms with Gasteiger partial charge >= 0.3 is 13.8 Å². The molecule has 3 unspecified atom stereocenters. The van der Waals surface area contributed by atoms with E-state index in [1.54, 1.807) is 0 Å². The highest BCUT2D eigenvalue weighted by molar-refractivity contribution is 7.47. The van der Waals surface area contributed by atoms with Crippen molar-refractivity contribution in [2.24, 2.45) is 0 Å². The second-order valence-corrected chi connectivity index (χ2v) is 18.6. The molecule has 0 aromatic rings. The molecule has 3 atom stereocenters. The van der Waals surface area contributed by atoms with E-state index in [0.717, 1.165) is 44.9 Å². The number of phosphoric acid groups is 1. The summed E-state index contributed by atoms with van der Waals surface area (Å²) in [6, 6.07) is 0. The first kappa shape index (κ1) is 58.2. The second-order valence-electron chi connectivity index (χ2n) is 17.2. The fourth-order valence-corrected chi connectivity index (χ4v) is 8.14. The molecule has 9 nitrogen and oxygen atoms in total. The van der Waals surface area contributed by atoms with Gasteiger partial charge in [0, 0.05) is 13.0 Å². The number of carbonyl (C=O) groups excluding carboxylic acids is 1. The van der Waals surface area contributed by atoms with Crippen LogP contribution < -0.4 is 0 Å². The number of aliphatic hydroxyl groups is 2. The summed E-state index contributed by atoms with van der Waals surface area (Å²) >= 11 is 0. The van der Waals surface area contributed by atoms with E-state index in [4.69, 9.17) is 23.6 Å². The van der Waals surface area contributed by atoms with Gasteiger partial charge in [0.15, 0.2) is 0 Å². The standard InChI is InChI=1S/C49H97O9P/c1-3-5-7-9-11-13-15-17-19-20-21-22-23-24-25-26-27-29-31-33-35-37-39-41-49(52)58-48(46-57-59(53,54)56-44-47(51)43-50)45-55-42-40-38-36-34-32-30-28-18-16-14-12-10-8-6-4-2/h16,18,47-48,50-51H,3-15,17,19-46H2,1-2H3,(H,53,54)/b18-16-. The van der Waals surface area contributed by atoms with Crippen LogP contribution in [0.3, 0.4) is 0 Å². The SMILES string of the molecule is CCCCCCC/C=C\CCCCCCCCOCC(COP(=O)(O)OCC(O)CO)OC(=O)CCCCCCCCCCCCCCCCCCCCCCCCC. The van der Waals surface area contributed by atoms with Crippen LogP contribution in [-0.2, 0) is 27.9 Å². The Bertz CT molecular complexity index is 933. The van der Waals surface area contributed by atoms with Crippen LogP contribution in [0.25, 0.3) is 0 Å². The van der Waals surface area contributed by atoms with Crippen molar-refractivity contribution in [1.82, 2.24) is 0 Å². The molecule has 0 spiro atoms. The molecule has 0 amide bonds. The van der Waals surface area contributed by atoms with E-state index in [-0.39, 0.29) is 25.6 Å². The van der Waals surface area contributed by atoms with E-state index in [9.17, 15) is 19.4 Å². The molecule has 0 saturated carbocycles. The van der Waals surface area contributed by atoms with Gasteiger partial charge in [-0.2, -0.15) is 0 Å². The monoisotopic (exact) mass is 861 g/mol. The van der Waals surface area contributed by atoms with E-state index in [1.165, 1.54) is 186 Å². The molecule has 0 aliphatic carbocycles. The number of allylic oxidation sites excluding steroid dienone is 2. The molecular weight excluding hydrogens is 764 g/mol. The number of esters is 1. The molecule has 0 saturated heterocycles. The van der Waals surface area contributed by atoms with Crippen LogP contribution in [0.15, 0.2) is 12.2 Å². The van der Waals surface area contributed by atoms with E-state index in [0.29, 0.717) is 6.61 Å². The van der Waals surface area contributed by atoms with Crippen molar-refractivity contribution in [3.63, 3.8) is 0 Å². The third-order valence-corrected chi connectivity index (χ3v) is 12.2.